The third kappa shape index (κ3) is 5.19. The molecule has 0 saturated heterocycles. The van der Waals surface area contributed by atoms with Crippen molar-refractivity contribution in [3.63, 3.8) is 0 Å². The molecule has 0 saturated carbocycles. The Bertz CT molecular complexity index is 797. The number of nitrogens with two attached hydrogens (primary N) is 1. The molecule has 7 nitrogen and oxygen atoms in total. The highest BCUT2D eigenvalue weighted by molar-refractivity contribution is 7.89. The fourth-order valence-corrected chi connectivity index (χ4v) is 2.84. The van der Waals surface area contributed by atoms with Gasteiger partial charge in [0.15, 0.2) is 0 Å². The van der Waals surface area contributed by atoms with Crippen molar-refractivity contribution in [3.05, 3.63) is 48.3 Å². The Morgan fingerprint density at radius 1 is 1.25 bits per heavy atom. The van der Waals surface area contributed by atoms with Crippen LogP contribution < -0.4 is 10.5 Å². The van der Waals surface area contributed by atoms with Crippen molar-refractivity contribution in [1.29, 1.82) is 0 Å². The summed E-state index contributed by atoms with van der Waals surface area (Å²) in [4.78, 5) is 14.0. The van der Waals surface area contributed by atoms with E-state index in [1.165, 1.54) is 24.3 Å². The Kier molecular flexibility index (Phi) is 5.76. The zero-order chi connectivity index (χ0) is 17.7. The molecule has 1 aromatic heterocycles. The fourth-order valence-electron chi connectivity index (χ4n) is 2.32. The number of rotatable bonds is 7. The number of sulfonamides is 1. The summed E-state index contributed by atoms with van der Waals surface area (Å²) in [6.45, 7) is 3.89. The second kappa shape index (κ2) is 7.61. The van der Waals surface area contributed by atoms with Gasteiger partial charge in [-0.3, -0.25) is 9.69 Å². The minimum atomic E-state index is -3.72. The molecule has 0 bridgehead atoms. The van der Waals surface area contributed by atoms with Crippen molar-refractivity contribution >= 4 is 21.6 Å². The Hall–Kier alpha value is -2.16. The van der Waals surface area contributed by atoms with Crippen molar-refractivity contribution in [2.24, 2.45) is 5.14 Å². The first kappa shape index (κ1) is 18.2. The molecule has 1 heterocycles. The van der Waals surface area contributed by atoms with E-state index >= 15 is 0 Å². The molecule has 2 rings (SSSR count). The lowest BCUT2D eigenvalue weighted by Crippen LogP contribution is -2.29. The number of nitrogens with one attached hydrogen (secondary N) is 1. The van der Waals surface area contributed by atoms with Gasteiger partial charge in [-0.25, -0.2) is 13.6 Å². The Labute approximate surface area is 142 Å². The average molecular weight is 350 g/mol. The number of hydrogen-bond donors (Lipinski definition) is 2. The van der Waals surface area contributed by atoms with Gasteiger partial charge in [0.25, 0.3) is 0 Å². The third-order valence-electron chi connectivity index (χ3n) is 3.51. The average Bonchev–Trinajstić information content (AvgIpc) is 2.94. The highest BCUT2D eigenvalue weighted by Crippen LogP contribution is 2.13. The Balaban J connectivity index is 1.88. The quantitative estimate of drug-likeness (QED) is 0.785. The van der Waals surface area contributed by atoms with E-state index in [0.29, 0.717) is 12.2 Å². The highest BCUT2D eigenvalue weighted by Gasteiger charge is 2.10. The van der Waals surface area contributed by atoms with Crippen LogP contribution >= 0.6 is 0 Å². The number of anilines is 1. The number of carbonyl (C=O) groups is 1. The SMILES string of the molecule is CCn1ccc(CN(C)CC(=O)Nc2ccc(S(N)(=O)=O)cc2)c1. The van der Waals surface area contributed by atoms with Crippen LogP contribution in [0.2, 0.25) is 0 Å². The van der Waals surface area contributed by atoms with E-state index < -0.39 is 10.0 Å². The fraction of sp³-hybridized carbons (Fsp3) is 0.312. The lowest BCUT2D eigenvalue weighted by atomic mass is 10.3. The van der Waals surface area contributed by atoms with Crippen molar-refractivity contribution in [2.45, 2.75) is 24.9 Å². The van der Waals surface area contributed by atoms with Gasteiger partial charge in [0, 0.05) is 31.2 Å². The lowest BCUT2D eigenvalue weighted by molar-refractivity contribution is -0.117. The van der Waals surface area contributed by atoms with Gasteiger partial charge in [-0.15, -0.1) is 0 Å². The van der Waals surface area contributed by atoms with Crippen LogP contribution in [0.5, 0.6) is 0 Å². The summed E-state index contributed by atoms with van der Waals surface area (Å²) in [5.41, 5.74) is 1.67. The van der Waals surface area contributed by atoms with E-state index in [1.807, 2.05) is 24.2 Å². The molecule has 130 valence electrons. The van der Waals surface area contributed by atoms with Crippen molar-refractivity contribution in [2.75, 3.05) is 18.9 Å². The molecule has 0 aliphatic heterocycles. The number of amides is 1. The standard InChI is InChI=1S/C16H22N4O3S/c1-3-20-9-8-13(11-20)10-19(2)12-16(21)18-14-4-6-15(7-5-14)24(17,22)23/h4-9,11H,3,10,12H2,1-2H3,(H,18,21)(H2,17,22,23). The second-order valence-corrected chi connectivity index (χ2v) is 7.20. The van der Waals surface area contributed by atoms with Gasteiger partial charge in [-0.05, 0) is 49.9 Å². The number of aryl methyl sites for hydroxylation is 1. The van der Waals surface area contributed by atoms with Gasteiger partial charge in [0.1, 0.15) is 0 Å². The van der Waals surface area contributed by atoms with Crippen LogP contribution in [0.15, 0.2) is 47.6 Å². The van der Waals surface area contributed by atoms with E-state index in [1.54, 1.807) is 0 Å². The predicted molar refractivity (Wildman–Crippen MR) is 92.9 cm³/mol. The number of benzene rings is 1. The van der Waals surface area contributed by atoms with E-state index in [2.05, 4.69) is 23.0 Å². The molecule has 1 amide bonds. The smallest absolute Gasteiger partial charge is 0.238 e. The van der Waals surface area contributed by atoms with E-state index in [4.69, 9.17) is 5.14 Å². The van der Waals surface area contributed by atoms with Gasteiger partial charge in [-0.2, -0.15) is 0 Å². The van der Waals surface area contributed by atoms with Crippen LogP contribution in [0.1, 0.15) is 12.5 Å². The van der Waals surface area contributed by atoms with Crippen molar-refractivity contribution in [1.82, 2.24) is 9.47 Å². The Morgan fingerprint density at radius 2 is 1.92 bits per heavy atom. The Morgan fingerprint density at radius 3 is 2.46 bits per heavy atom. The minimum absolute atomic E-state index is 0.0121. The molecule has 0 atom stereocenters. The van der Waals surface area contributed by atoms with Crippen LogP contribution in [0, 0.1) is 0 Å². The normalized spacial score (nSPS) is 11.7. The largest absolute Gasteiger partial charge is 0.354 e. The maximum atomic E-state index is 12.1. The summed E-state index contributed by atoms with van der Waals surface area (Å²) >= 11 is 0. The van der Waals surface area contributed by atoms with E-state index in [0.717, 1.165) is 12.1 Å². The molecular weight excluding hydrogens is 328 g/mol. The van der Waals surface area contributed by atoms with Crippen molar-refractivity contribution in [3.8, 4) is 0 Å². The molecule has 0 unspecified atom stereocenters. The molecule has 2 aromatic rings. The molecule has 3 N–H and O–H groups in total. The van der Waals surface area contributed by atoms with Crippen LogP contribution in [0.25, 0.3) is 0 Å². The monoisotopic (exact) mass is 350 g/mol. The van der Waals surface area contributed by atoms with E-state index in [-0.39, 0.29) is 17.3 Å². The number of primary sulfonamides is 1. The maximum Gasteiger partial charge on any atom is 0.238 e. The molecule has 0 spiro atoms. The first-order valence-corrected chi connectivity index (χ1v) is 9.08. The molecule has 0 aliphatic carbocycles. The zero-order valence-corrected chi connectivity index (χ0v) is 14.6. The number of aromatic nitrogens is 1. The number of hydrogen-bond acceptors (Lipinski definition) is 4. The molecule has 24 heavy (non-hydrogen) atoms. The van der Waals surface area contributed by atoms with Crippen LogP contribution in [-0.4, -0.2) is 37.4 Å². The summed E-state index contributed by atoms with van der Waals surface area (Å²) in [5, 5.41) is 7.77. The lowest BCUT2D eigenvalue weighted by Gasteiger charge is -2.15. The number of likely N-dealkylation sites (N-methyl/N-ethyl adjacent to an activating group) is 1. The first-order chi connectivity index (χ1) is 11.3. The zero-order valence-electron chi connectivity index (χ0n) is 13.8. The van der Waals surface area contributed by atoms with E-state index in [9.17, 15) is 13.2 Å². The minimum Gasteiger partial charge on any atom is -0.354 e. The second-order valence-electron chi connectivity index (χ2n) is 5.64. The number of nitrogens with zero attached hydrogens (tertiary/aromatic N) is 2. The first-order valence-electron chi connectivity index (χ1n) is 7.54. The molecular formula is C16H22N4O3S. The summed E-state index contributed by atoms with van der Waals surface area (Å²) in [7, 11) is -1.86. The van der Waals surface area contributed by atoms with Gasteiger partial charge in [0.05, 0.1) is 11.4 Å². The van der Waals surface area contributed by atoms with Gasteiger partial charge < -0.3 is 9.88 Å². The van der Waals surface area contributed by atoms with Gasteiger partial charge in [0.2, 0.25) is 15.9 Å². The molecule has 0 aliphatic rings. The van der Waals surface area contributed by atoms with Crippen LogP contribution in [0.4, 0.5) is 5.69 Å². The van der Waals surface area contributed by atoms with Gasteiger partial charge in [-0.1, -0.05) is 0 Å². The topological polar surface area (TPSA) is 97.4 Å². The summed E-state index contributed by atoms with van der Waals surface area (Å²) in [6.07, 6.45) is 4.07. The van der Waals surface area contributed by atoms with Crippen molar-refractivity contribution < 1.29 is 13.2 Å². The van der Waals surface area contributed by atoms with Crippen LogP contribution in [-0.2, 0) is 27.9 Å². The summed E-state index contributed by atoms with van der Waals surface area (Å²) < 4.78 is 24.5. The summed E-state index contributed by atoms with van der Waals surface area (Å²) in [6, 6.07) is 7.78. The third-order valence-corrected chi connectivity index (χ3v) is 4.44. The molecule has 8 heteroatoms. The maximum absolute atomic E-state index is 12.1. The molecule has 0 fully saturated rings. The number of carbonyl (C=O) groups excluding carboxylic acids is 1. The molecule has 0 radical (unpaired) electrons. The predicted octanol–water partition coefficient (Wildman–Crippen LogP) is 1.23. The van der Waals surface area contributed by atoms with Crippen LogP contribution in [0.3, 0.4) is 0 Å². The van der Waals surface area contributed by atoms with Gasteiger partial charge >= 0.3 is 0 Å². The summed E-state index contributed by atoms with van der Waals surface area (Å²) in [5.74, 6) is -0.171. The highest BCUT2D eigenvalue weighted by atomic mass is 32.2. The molecule has 1 aromatic carbocycles.